The number of nitrogens with one attached hydrogen (secondary N) is 1. The summed E-state index contributed by atoms with van der Waals surface area (Å²) < 4.78 is 7.44. The van der Waals surface area contributed by atoms with E-state index < -0.39 is 0 Å². The van der Waals surface area contributed by atoms with Crippen LogP contribution in [0.3, 0.4) is 0 Å². The minimum atomic E-state index is 0.204. The third kappa shape index (κ3) is 3.04. The van der Waals surface area contributed by atoms with E-state index in [1.165, 1.54) is 6.42 Å². The summed E-state index contributed by atoms with van der Waals surface area (Å²) in [5, 5.41) is 7.64. The zero-order chi connectivity index (χ0) is 12.1. The number of nitrogens with zero attached hydrogens (tertiary/aromatic N) is 3. The molecule has 0 bridgehead atoms. The van der Waals surface area contributed by atoms with Crippen LogP contribution in [0.2, 0.25) is 0 Å². The van der Waals surface area contributed by atoms with Crippen molar-refractivity contribution in [3.8, 4) is 0 Å². The summed E-state index contributed by atoms with van der Waals surface area (Å²) >= 11 is 0. The quantitative estimate of drug-likeness (QED) is 0.744. The van der Waals surface area contributed by atoms with Gasteiger partial charge >= 0.3 is 0 Å². The maximum atomic E-state index is 5.58. The number of ether oxygens (including phenoxy) is 1. The molecule has 1 atom stereocenters. The first-order valence-corrected chi connectivity index (χ1v) is 6.37. The molecular formula is C12H22N4O. The van der Waals surface area contributed by atoms with Gasteiger partial charge in [0.1, 0.15) is 12.2 Å². The van der Waals surface area contributed by atoms with Crippen molar-refractivity contribution in [3.05, 3.63) is 12.2 Å². The molecule has 0 aliphatic carbocycles. The van der Waals surface area contributed by atoms with Gasteiger partial charge in [0.25, 0.3) is 0 Å². The lowest BCUT2D eigenvalue weighted by molar-refractivity contribution is 0.147. The molecule has 17 heavy (non-hydrogen) atoms. The lowest BCUT2D eigenvalue weighted by atomic mass is 9.83. The predicted octanol–water partition coefficient (Wildman–Crippen LogP) is 0.764. The second kappa shape index (κ2) is 5.60. The lowest BCUT2D eigenvalue weighted by Gasteiger charge is -2.27. The highest BCUT2D eigenvalue weighted by molar-refractivity contribution is 4.96. The maximum Gasteiger partial charge on any atom is 0.138 e. The van der Waals surface area contributed by atoms with Crippen molar-refractivity contribution in [2.24, 2.45) is 12.5 Å². The molecule has 1 aromatic rings. The molecule has 1 fully saturated rings. The first kappa shape index (κ1) is 12.5. The molecule has 96 valence electrons. The Labute approximate surface area is 103 Å². The second-order valence-corrected chi connectivity index (χ2v) is 4.96. The molecule has 0 radical (unpaired) electrons. The first-order chi connectivity index (χ1) is 8.26. The van der Waals surface area contributed by atoms with E-state index in [1.54, 1.807) is 6.33 Å². The fourth-order valence-electron chi connectivity index (χ4n) is 2.34. The standard InChI is InChI=1S/C12H22N4O/c1-3-5-13-8-12(4-6-17-9-12)7-11-14-10-15-16(11)2/h10,13H,3-9H2,1-2H3. The predicted molar refractivity (Wildman–Crippen MR) is 65.7 cm³/mol. The number of aryl methyl sites for hydroxylation is 1. The molecule has 2 rings (SSSR count). The Kier molecular flexibility index (Phi) is 4.12. The van der Waals surface area contributed by atoms with Crippen molar-refractivity contribution in [2.75, 3.05) is 26.3 Å². The highest BCUT2D eigenvalue weighted by Gasteiger charge is 2.35. The summed E-state index contributed by atoms with van der Waals surface area (Å²) in [6.07, 6.45) is 4.84. The second-order valence-electron chi connectivity index (χ2n) is 4.96. The average molecular weight is 238 g/mol. The third-order valence-electron chi connectivity index (χ3n) is 3.45. The molecule has 0 amide bonds. The Balaban J connectivity index is 1.99. The van der Waals surface area contributed by atoms with Crippen molar-refractivity contribution < 1.29 is 4.74 Å². The monoisotopic (exact) mass is 238 g/mol. The summed E-state index contributed by atoms with van der Waals surface area (Å²) in [6, 6.07) is 0. The van der Waals surface area contributed by atoms with Gasteiger partial charge < -0.3 is 10.1 Å². The van der Waals surface area contributed by atoms with Crippen LogP contribution in [0.1, 0.15) is 25.6 Å². The Morgan fingerprint density at radius 2 is 2.47 bits per heavy atom. The van der Waals surface area contributed by atoms with Crippen LogP contribution in [0.15, 0.2) is 6.33 Å². The summed E-state index contributed by atoms with van der Waals surface area (Å²) in [5.74, 6) is 1.05. The van der Waals surface area contributed by atoms with Crippen LogP contribution in [0, 0.1) is 5.41 Å². The number of rotatable bonds is 6. The van der Waals surface area contributed by atoms with Crippen molar-refractivity contribution in [1.82, 2.24) is 20.1 Å². The van der Waals surface area contributed by atoms with Crippen molar-refractivity contribution >= 4 is 0 Å². The van der Waals surface area contributed by atoms with Gasteiger partial charge in [0.05, 0.1) is 6.61 Å². The molecule has 1 unspecified atom stereocenters. The minimum Gasteiger partial charge on any atom is -0.381 e. The number of hydrogen-bond donors (Lipinski definition) is 1. The Hall–Kier alpha value is -0.940. The van der Waals surface area contributed by atoms with E-state index in [0.717, 1.165) is 45.0 Å². The van der Waals surface area contributed by atoms with Gasteiger partial charge in [-0.15, -0.1) is 0 Å². The zero-order valence-corrected chi connectivity index (χ0v) is 10.8. The molecule has 1 aliphatic rings. The van der Waals surface area contributed by atoms with E-state index in [4.69, 9.17) is 4.74 Å². The Morgan fingerprint density at radius 1 is 1.59 bits per heavy atom. The first-order valence-electron chi connectivity index (χ1n) is 6.37. The molecule has 0 spiro atoms. The van der Waals surface area contributed by atoms with Crippen molar-refractivity contribution in [2.45, 2.75) is 26.2 Å². The van der Waals surface area contributed by atoms with E-state index >= 15 is 0 Å². The smallest absolute Gasteiger partial charge is 0.138 e. The highest BCUT2D eigenvalue weighted by atomic mass is 16.5. The molecule has 1 saturated heterocycles. The van der Waals surface area contributed by atoms with Crippen LogP contribution in [0.5, 0.6) is 0 Å². The average Bonchev–Trinajstić information content (AvgIpc) is 2.91. The Bertz CT molecular complexity index is 344. The molecule has 0 saturated carbocycles. The van der Waals surface area contributed by atoms with Gasteiger partial charge in [-0.2, -0.15) is 5.10 Å². The van der Waals surface area contributed by atoms with E-state index in [2.05, 4.69) is 22.3 Å². The van der Waals surface area contributed by atoms with Gasteiger partial charge in [-0.3, -0.25) is 4.68 Å². The van der Waals surface area contributed by atoms with Gasteiger partial charge in [-0.1, -0.05) is 6.92 Å². The van der Waals surface area contributed by atoms with Gasteiger partial charge in [-0.05, 0) is 19.4 Å². The number of hydrogen-bond acceptors (Lipinski definition) is 4. The highest BCUT2D eigenvalue weighted by Crippen LogP contribution is 2.31. The van der Waals surface area contributed by atoms with Gasteiger partial charge in [0.15, 0.2) is 0 Å². The molecule has 5 nitrogen and oxygen atoms in total. The summed E-state index contributed by atoms with van der Waals surface area (Å²) in [5.41, 5.74) is 0.204. The van der Waals surface area contributed by atoms with Crippen LogP contribution in [0.4, 0.5) is 0 Å². The fourth-order valence-corrected chi connectivity index (χ4v) is 2.34. The summed E-state index contributed by atoms with van der Waals surface area (Å²) in [4.78, 5) is 4.32. The summed E-state index contributed by atoms with van der Waals surface area (Å²) in [6.45, 7) is 5.96. The van der Waals surface area contributed by atoms with Crippen molar-refractivity contribution in [1.29, 1.82) is 0 Å². The van der Waals surface area contributed by atoms with Crippen molar-refractivity contribution in [3.63, 3.8) is 0 Å². The third-order valence-corrected chi connectivity index (χ3v) is 3.45. The SMILES string of the molecule is CCCNCC1(Cc2ncnn2C)CCOC1. The molecular weight excluding hydrogens is 216 g/mol. The molecule has 1 N–H and O–H groups in total. The molecule has 1 aliphatic heterocycles. The van der Waals surface area contributed by atoms with Crippen LogP contribution >= 0.6 is 0 Å². The normalized spacial score (nSPS) is 24.4. The summed E-state index contributed by atoms with van der Waals surface area (Å²) in [7, 11) is 1.95. The molecule has 5 heteroatoms. The topological polar surface area (TPSA) is 52.0 Å². The van der Waals surface area contributed by atoms with Crippen LogP contribution in [0.25, 0.3) is 0 Å². The maximum absolute atomic E-state index is 5.58. The fraction of sp³-hybridized carbons (Fsp3) is 0.833. The van der Waals surface area contributed by atoms with Gasteiger partial charge in [0.2, 0.25) is 0 Å². The molecule has 0 aromatic carbocycles. The van der Waals surface area contributed by atoms with E-state index in [1.807, 2.05) is 11.7 Å². The lowest BCUT2D eigenvalue weighted by Crippen LogP contribution is -2.37. The van der Waals surface area contributed by atoms with E-state index in [0.29, 0.717) is 0 Å². The number of aromatic nitrogens is 3. The largest absolute Gasteiger partial charge is 0.381 e. The van der Waals surface area contributed by atoms with Crippen LogP contribution in [-0.4, -0.2) is 41.1 Å². The van der Waals surface area contributed by atoms with E-state index in [-0.39, 0.29) is 5.41 Å². The van der Waals surface area contributed by atoms with Gasteiger partial charge in [-0.25, -0.2) is 4.98 Å². The Morgan fingerprint density at radius 3 is 3.06 bits per heavy atom. The molecule has 2 heterocycles. The van der Waals surface area contributed by atoms with Crippen LogP contribution in [-0.2, 0) is 18.2 Å². The van der Waals surface area contributed by atoms with E-state index in [9.17, 15) is 0 Å². The molecule has 1 aromatic heterocycles. The van der Waals surface area contributed by atoms with Gasteiger partial charge in [0, 0.05) is 32.0 Å². The van der Waals surface area contributed by atoms with Crippen LogP contribution < -0.4 is 5.32 Å². The minimum absolute atomic E-state index is 0.204. The zero-order valence-electron chi connectivity index (χ0n) is 10.8.